The van der Waals surface area contributed by atoms with Crippen molar-refractivity contribution in [2.24, 2.45) is 0 Å². The Balaban J connectivity index is 2.15. The van der Waals surface area contributed by atoms with Crippen molar-refractivity contribution < 1.29 is 9.90 Å². The maximum Gasteiger partial charge on any atom is 0.255 e. The summed E-state index contributed by atoms with van der Waals surface area (Å²) < 4.78 is 0. The quantitative estimate of drug-likeness (QED) is 0.885. The standard InChI is InChI=1S/C16H17NO2/c1-11-3-8-15(12(2)9-11)17-16(19)14-6-4-13(10-18)5-7-14/h3-9,18H,10H2,1-2H3,(H,17,19). The molecule has 0 aliphatic rings. The van der Waals surface area contributed by atoms with Gasteiger partial charge < -0.3 is 10.4 Å². The Hall–Kier alpha value is -2.13. The lowest BCUT2D eigenvalue weighted by Gasteiger charge is -2.09. The summed E-state index contributed by atoms with van der Waals surface area (Å²) in [6, 6.07) is 12.8. The fourth-order valence-electron chi connectivity index (χ4n) is 1.91. The van der Waals surface area contributed by atoms with Gasteiger partial charge in [0, 0.05) is 11.3 Å². The first-order chi connectivity index (χ1) is 9.10. The first-order valence-electron chi connectivity index (χ1n) is 6.18. The molecule has 3 heteroatoms. The van der Waals surface area contributed by atoms with Gasteiger partial charge in [-0.3, -0.25) is 4.79 Å². The molecule has 0 fully saturated rings. The lowest BCUT2D eigenvalue weighted by Crippen LogP contribution is -2.12. The van der Waals surface area contributed by atoms with Crippen LogP contribution in [0.2, 0.25) is 0 Å². The number of benzene rings is 2. The average molecular weight is 255 g/mol. The Labute approximate surface area is 112 Å². The van der Waals surface area contributed by atoms with Gasteiger partial charge in [0.05, 0.1) is 6.61 Å². The van der Waals surface area contributed by atoms with Crippen molar-refractivity contribution in [1.82, 2.24) is 0 Å². The fourth-order valence-corrected chi connectivity index (χ4v) is 1.91. The zero-order chi connectivity index (χ0) is 13.8. The number of carbonyl (C=O) groups is 1. The molecule has 0 aromatic heterocycles. The van der Waals surface area contributed by atoms with Crippen molar-refractivity contribution >= 4 is 11.6 Å². The van der Waals surface area contributed by atoms with Crippen LogP contribution in [0.15, 0.2) is 42.5 Å². The number of rotatable bonds is 3. The molecular weight excluding hydrogens is 238 g/mol. The number of hydrogen-bond donors (Lipinski definition) is 2. The second-order valence-electron chi connectivity index (χ2n) is 4.63. The van der Waals surface area contributed by atoms with E-state index in [4.69, 9.17) is 5.11 Å². The SMILES string of the molecule is Cc1ccc(NC(=O)c2ccc(CO)cc2)c(C)c1. The molecule has 2 aromatic rings. The van der Waals surface area contributed by atoms with Crippen molar-refractivity contribution in [1.29, 1.82) is 0 Å². The van der Waals surface area contributed by atoms with E-state index >= 15 is 0 Å². The number of nitrogens with one attached hydrogen (secondary N) is 1. The zero-order valence-electron chi connectivity index (χ0n) is 11.1. The minimum Gasteiger partial charge on any atom is -0.392 e. The third kappa shape index (κ3) is 3.20. The molecule has 0 saturated heterocycles. The molecule has 0 aliphatic heterocycles. The molecule has 98 valence electrons. The molecule has 2 N–H and O–H groups in total. The van der Waals surface area contributed by atoms with E-state index in [9.17, 15) is 4.79 Å². The van der Waals surface area contributed by atoms with Gasteiger partial charge in [0.2, 0.25) is 0 Å². The van der Waals surface area contributed by atoms with Gasteiger partial charge in [-0.2, -0.15) is 0 Å². The first-order valence-corrected chi connectivity index (χ1v) is 6.18. The van der Waals surface area contributed by atoms with Gasteiger partial charge in [-0.15, -0.1) is 0 Å². The Kier molecular flexibility index (Phi) is 3.97. The monoisotopic (exact) mass is 255 g/mol. The highest BCUT2D eigenvalue weighted by Crippen LogP contribution is 2.17. The largest absolute Gasteiger partial charge is 0.392 e. The predicted molar refractivity (Wildman–Crippen MR) is 76.2 cm³/mol. The van der Waals surface area contributed by atoms with Crippen molar-refractivity contribution in [3.05, 3.63) is 64.7 Å². The van der Waals surface area contributed by atoms with Crippen molar-refractivity contribution in [3.63, 3.8) is 0 Å². The minimum absolute atomic E-state index is 0.0149. The summed E-state index contributed by atoms with van der Waals surface area (Å²) in [6.07, 6.45) is 0. The van der Waals surface area contributed by atoms with Crippen LogP contribution >= 0.6 is 0 Å². The molecule has 0 heterocycles. The van der Waals surface area contributed by atoms with Gasteiger partial charge in [-0.25, -0.2) is 0 Å². The number of aliphatic hydroxyl groups is 1. The van der Waals surface area contributed by atoms with E-state index in [1.807, 2.05) is 32.0 Å². The molecule has 0 atom stereocenters. The van der Waals surface area contributed by atoms with E-state index in [-0.39, 0.29) is 12.5 Å². The van der Waals surface area contributed by atoms with Crippen LogP contribution in [0.25, 0.3) is 0 Å². The topological polar surface area (TPSA) is 49.3 Å². The van der Waals surface area contributed by atoms with Crippen LogP contribution in [0.4, 0.5) is 5.69 Å². The molecule has 3 nitrogen and oxygen atoms in total. The molecule has 2 aromatic carbocycles. The number of hydrogen-bond acceptors (Lipinski definition) is 2. The lowest BCUT2D eigenvalue weighted by molar-refractivity contribution is 0.102. The minimum atomic E-state index is -0.142. The Morgan fingerprint density at radius 2 is 1.79 bits per heavy atom. The maximum atomic E-state index is 12.1. The Morgan fingerprint density at radius 1 is 1.11 bits per heavy atom. The number of anilines is 1. The van der Waals surface area contributed by atoms with Crippen molar-refractivity contribution in [2.75, 3.05) is 5.32 Å². The van der Waals surface area contributed by atoms with Crippen LogP contribution in [0.3, 0.4) is 0 Å². The van der Waals surface area contributed by atoms with Gasteiger partial charge in [0.15, 0.2) is 0 Å². The molecule has 19 heavy (non-hydrogen) atoms. The van der Waals surface area contributed by atoms with Gasteiger partial charge in [-0.05, 0) is 43.2 Å². The van der Waals surface area contributed by atoms with Crippen LogP contribution < -0.4 is 5.32 Å². The highest BCUT2D eigenvalue weighted by atomic mass is 16.3. The highest BCUT2D eigenvalue weighted by molar-refractivity contribution is 6.04. The summed E-state index contributed by atoms with van der Waals surface area (Å²) in [7, 11) is 0. The summed E-state index contributed by atoms with van der Waals surface area (Å²) in [6.45, 7) is 3.97. The Bertz CT molecular complexity index is 588. The number of aliphatic hydroxyl groups excluding tert-OH is 1. The summed E-state index contributed by atoms with van der Waals surface area (Å²) in [5.74, 6) is -0.142. The average Bonchev–Trinajstić information content (AvgIpc) is 2.42. The van der Waals surface area contributed by atoms with E-state index in [1.165, 1.54) is 5.56 Å². The van der Waals surface area contributed by atoms with Crippen molar-refractivity contribution in [3.8, 4) is 0 Å². The predicted octanol–water partition coefficient (Wildman–Crippen LogP) is 3.05. The number of amides is 1. The normalized spacial score (nSPS) is 10.3. The molecule has 0 bridgehead atoms. The summed E-state index contributed by atoms with van der Waals surface area (Å²) in [5, 5.41) is 11.9. The second kappa shape index (κ2) is 5.67. The van der Waals surface area contributed by atoms with Gasteiger partial charge in [-0.1, -0.05) is 29.8 Å². The Morgan fingerprint density at radius 3 is 2.37 bits per heavy atom. The molecule has 0 aliphatic carbocycles. The van der Waals surface area contributed by atoms with Crippen molar-refractivity contribution in [2.45, 2.75) is 20.5 Å². The fraction of sp³-hybridized carbons (Fsp3) is 0.188. The van der Waals surface area contributed by atoms with E-state index in [2.05, 4.69) is 5.32 Å². The summed E-state index contributed by atoms with van der Waals surface area (Å²) >= 11 is 0. The summed E-state index contributed by atoms with van der Waals surface area (Å²) in [5.41, 5.74) is 4.41. The number of aryl methyl sites for hydroxylation is 2. The van der Waals surface area contributed by atoms with Gasteiger partial charge in [0.25, 0.3) is 5.91 Å². The first kappa shape index (κ1) is 13.3. The molecule has 0 saturated carbocycles. The molecular formula is C16H17NO2. The van der Waals surface area contributed by atoms with E-state index in [0.717, 1.165) is 16.8 Å². The van der Waals surface area contributed by atoms with E-state index in [1.54, 1.807) is 24.3 Å². The molecule has 0 spiro atoms. The van der Waals surface area contributed by atoms with Crippen LogP contribution in [-0.2, 0) is 6.61 Å². The van der Waals surface area contributed by atoms with Gasteiger partial charge in [0.1, 0.15) is 0 Å². The molecule has 1 amide bonds. The third-order valence-corrected chi connectivity index (χ3v) is 3.03. The summed E-state index contributed by atoms with van der Waals surface area (Å²) in [4.78, 5) is 12.1. The molecule has 2 rings (SSSR count). The van der Waals surface area contributed by atoms with Crippen LogP contribution in [0.1, 0.15) is 27.0 Å². The smallest absolute Gasteiger partial charge is 0.255 e. The maximum absolute atomic E-state index is 12.1. The molecule has 0 unspecified atom stereocenters. The van der Waals surface area contributed by atoms with Crippen LogP contribution in [0.5, 0.6) is 0 Å². The number of carbonyl (C=O) groups excluding carboxylic acids is 1. The van der Waals surface area contributed by atoms with E-state index in [0.29, 0.717) is 5.56 Å². The van der Waals surface area contributed by atoms with Crippen LogP contribution in [-0.4, -0.2) is 11.0 Å². The van der Waals surface area contributed by atoms with E-state index < -0.39 is 0 Å². The van der Waals surface area contributed by atoms with Crippen LogP contribution in [0, 0.1) is 13.8 Å². The highest BCUT2D eigenvalue weighted by Gasteiger charge is 2.07. The molecule has 0 radical (unpaired) electrons. The lowest BCUT2D eigenvalue weighted by atomic mass is 10.1. The zero-order valence-corrected chi connectivity index (χ0v) is 11.1. The second-order valence-corrected chi connectivity index (χ2v) is 4.63. The van der Waals surface area contributed by atoms with Gasteiger partial charge >= 0.3 is 0 Å². The third-order valence-electron chi connectivity index (χ3n) is 3.03.